The van der Waals surface area contributed by atoms with Crippen molar-refractivity contribution >= 4 is 5.91 Å². The molecular formula is C17H35N3O. The molecule has 1 amide bonds. The van der Waals surface area contributed by atoms with E-state index in [9.17, 15) is 4.79 Å². The standard InChI is InChI=1S/C17H35N3O/c1-7-17(5,6)19-15(21)13-20-11-9-8-10-14(20)12-18-16(2,3)4/h14,18H,7-13H2,1-6H3,(H,19,21). The van der Waals surface area contributed by atoms with Gasteiger partial charge in [-0.3, -0.25) is 9.69 Å². The minimum atomic E-state index is -0.105. The summed E-state index contributed by atoms with van der Waals surface area (Å²) in [6, 6.07) is 0.480. The molecule has 2 N–H and O–H groups in total. The lowest BCUT2D eigenvalue weighted by atomic mass is 9.99. The number of nitrogens with one attached hydrogen (secondary N) is 2. The molecule has 0 saturated carbocycles. The van der Waals surface area contributed by atoms with Crippen molar-refractivity contribution in [1.82, 2.24) is 15.5 Å². The van der Waals surface area contributed by atoms with E-state index in [1.807, 2.05) is 0 Å². The minimum absolute atomic E-state index is 0.105. The van der Waals surface area contributed by atoms with E-state index in [0.29, 0.717) is 12.6 Å². The number of hydrogen-bond donors (Lipinski definition) is 2. The van der Waals surface area contributed by atoms with Crippen molar-refractivity contribution in [2.75, 3.05) is 19.6 Å². The van der Waals surface area contributed by atoms with Crippen LogP contribution in [0.25, 0.3) is 0 Å². The Labute approximate surface area is 131 Å². The van der Waals surface area contributed by atoms with Crippen LogP contribution in [0.5, 0.6) is 0 Å². The molecule has 0 spiro atoms. The first-order valence-corrected chi connectivity index (χ1v) is 8.43. The third-order valence-electron chi connectivity index (χ3n) is 4.33. The Kier molecular flexibility index (Phi) is 6.67. The van der Waals surface area contributed by atoms with E-state index in [0.717, 1.165) is 19.5 Å². The summed E-state index contributed by atoms with van der Waals surface area (Å²) in [7, 11) is 0. The number of nitrogens with zero attached hydrogens (tertiary/aromatic N) is 1. The van der Waals surface area contributed by atoms with Crippen LogP contribution in [0.4, 0.5) is 0 Å². The number of carbonyl (C=O) groups excluding carboxylic acids is 1. The fourth-order valence-corrected chi connectivity index (χ4v) is 2.61. The van der Waals surface area contributed by atoms with Crippen LogP contribution in [0.15, 0.2) is 0 Å². The van der Waals surface area contributed by atoms with Gasteiger partial charge in [-0.05, 0) is 60.4 Å². The van der Waals surface area contributed by atoms with Crippen molar-refractivity contribution in [3.63, 3.8) is 0 Å². The van der Waals surface area contributed by atoms with Gasteiger partial charge in [-0.1, -0.05) is 13.3 Å². The molecule has 0 aromatic rings. The number of carbonyl (C=O) groups is 1. The first kappa shape index (κ1) is 18.4. The van der Waals surface area contributed by atoms with Crippen LogP contribution in [-0.4, -0.2) is 47.6 Å². The topological polar surface area (TPSA) is 44.4 Å². The smallest absolute Gasteiger partial charge is 0.234 e. The highest BCUT2D eigenvalue weighted by Gasteiger charge is 2.27. The van der Waals surface area contributed by atoms with Crippen LogP contribution >= 0.6 is 0 Å². The summed E-state index contributed by atoms with van der Waals surface area (Å²) >= 11 is 0. The lowest BCUT2D eigenvalue weighted by Gasteiger charge is -2.37. The van der Waals surface area contributed by atoms with Gasteiger partial charge in [0.05, 0.1) is 6.54 Å². The predicted octanol–water partition coefficient (Wildman–Crippen LogP) is 2.53. The molecule has 1 heterocycles. The van der Waals surface area contributed by atoms with Gasteiger partial charge >= 0.3 is 0 Å². The summed E-state index contributed by atoms with van der Waals surface area (Å²) in [5.74, 6) is 0.157. The zero-order chi connectivity index (χ0) is 16.1. The average Bonchev–Trinajstić information content (AvgIpc) is 2.36. The largest absolute Gasteiger partial charge is 0.350 e. The Morgan fingerprint density at radius 1 is 1.19 bits per heavy atom. The maximum Gasteiger partial charge on any atom is 0.234 e. The first-order valence-electron chi connectivity index (χ1n) is 8.43. The Balaban J connectivity index is 2.51. The van der Waals surface area contributed by atoms with Crippen molar-refractivity contribution in [3.8, 4) is 0 Å². The molecule has 1 aliphatic rings. The van der Waals surface area contributed by atoms with Gasteiger partial charge in [0, 0.05) is 23.7 Å². The van der Waals surface area contributed by atoms with Crippen LogP contribution in [0.1, 0.15) is 67.2 Å². The van der Waals surface area contributed by atoms with Crippen molar-refractivity contribution in [3.05, 3.63) is 0 Å². The third-order valence-corrected chi connectivity index (χ3v) is 4.33. The van der Waals surface area contributed by atoms with Gasteiger partial charge in [0.15, 0.2) is 0 Å². The molecule has 124 valence electrons. The molecule has 4 heteroatoms. The highest BCUT2D eigenvalue weighted by Crippen LogP contribution is 2.17. The van der Waals surface area contributed by atoms with E-state index in [-0.39, 0.29) is 17.0 Å². The van der Waals surface area contributed by atoms with Gasteiger partial charge in [0.25, 0.3) is 0 Å². The highest BCUT2D eigenvalue weighted by atomic mass is 16.2. The molecule has 0 aliphatic carbocycles. The van der Waals surface area contributed by atoms with E-state index >= 15 is 0 Å². The van der Waals surface area contributed by atoms with Crippen LogP contribution in [0.3, 0.4) is 0 Å². The molecule has 21 heavy (non-hydrogen) atoms. The average molecular weight is 297 g/mol. The van der Waals surface area contributed by atoms with E-state index in [4.69, 9.17) is 0 Å². The SMILES string of the molecule is CCC(C)(C)NC(=O)CN1CCCCC1CNC(C)(C)C. The Morgan fingerprint density at radius 2 is 1.86 bits per heavy atom. The van der Waals surface area contributed by atoms with Gasteiger partial charge in [-0.25, -0.2) is 0 Å². The predicted molar refractivity (Wildman–Crippen MR) is 89.5 cm³/mol. The second kappa shape index (κ2) is 7.59. The molecule has 1 unspecified atom stereocenters. The molecule has 1 rings (SSSR count). The number of amides is 1. The van der Waals surface area contributed by atoms with Gasteiger partial charge in [0.2, 0.25) is 5.91 Å². The molecule has 4 nitrogen and oxygen atoms in total. The normalized spacial score (nSPS) is 21.3. The molecule has 1 fully saturated rings. The van der Waals surface area contributed by atoms with Gasteiger partial charge in [0.1, 0.15) is 0 Å². The van der Waals surface area contributed by atoms with Crippen LogP contribution < -0.4 is 10.6 Å². The van der Waals surface area contributed by atoms with Crippen molar-refractivity contribution < 1.29 is 4.79 Å². The summed E-state index contributed by atoms with van der Waals surface area (Å²) < 4.78 is 0. The number of hydrogen-bond acceptors (Lipinski definition) is 3. The fraction of sp³-hybridized carbons (Fsp3) is 0.941. The zero-order valence-electron chi connectivity index (χ0n) is 14.9. The van der Waals surface area contributed by atoms with E-state index < -0.39 is 0 Å². The molecular weight excluding hydrogens is 262 g/mol. The van der Waals surface area contributed by atoms with Crippen LogP contribution in [0, 0.1) is 0 Å². The van der Waals surface area contributed by atoms with Crippen LogP contribution in [-0.2, 0) is 4.79 Å². The van der Waals surface area contributed by atoms with E-state index in [1.54, 1.807) is 0 Å². The fourth-order valence-electron chi connectivity index (χ4n) is 2.61. The molecule has 0 aromatic carbocycles. The Morgan fingerprint density at radius 3 is 2.43 bits per heavy atom. The van der Waals surface area contributed by atoms with Crippen molar-refractivity contribution in [2.45, 2.75) is 84.3 Å². The summed E-state index contributed by atoms with van der Waals surface area (Å²) in [6.45, 7) is 15.4. The summed E-state index contributed by atoms with van der Waals surface area (Å²) in [4.78, 5) is 14.6. The molecule has 0 radical (unpaired) electrons. The molecule has 0 aromatic heterocycles. The summed E-state index contributed by atoms with van der Waals surface area (Å²) in [5.41, 5.74) is 0.0294. The number of likely N-dealkylation sites (tertiary alicyclic amines) is 1. The molecule has 1 aliphatic heterocycles. The second-order valence-electron chi connectivity index (χ2n) is 8.04. The highest BCUT2D eigenvalue weighted by molar-refractivity contribution is 5.78. The lowest BCUT2D eigenvalue weighted by molar-refractivity contribution is -0.124. The van der Waals surface area contributed by atoms with Gasteiger partial charge in [-0.15, -0.1) is 0 Å². The monoisotopic (exact) mass is 297 g/mol. The van der Waals surface area contributed by atoms with E-state index in [2.05, 4.69) is 57.1 Å². The van der Waals surface area contributed by atoms with Gasteiger partial charge in [-0.2, -0.15) is 0 Å². The second-order valence-corrected chi connectivity index (χ2v) is 8.04. The minimum Gasteiger partial charge on any atom is -0.350 e. The van der Waals surface area contributed by atoms with Gasteiger partial charge < -0.3 is 10.6 Å². The zero-order valence-corrected chi connectivity index (χ0v) is 14.9. The van der Waals surface area contributed by atoms with E-state index in [1.165, 1.54) is 19.3 Å². The molecule has 1 saturated heterocycles. The van der Waals surface area contributed by atoms with Crippen LogP contribution in [0.2, 0.25) is 0 Å². The summed E-state index contributed by atoms with van der Waals surface area (Å²) in [5, 5.41) is 6.73. The Bertz CT molecular complexity index is 333. The number of rotatable bonds is 6. The van der Waals surface area contributed by atoms with Crippen molar-refractivity contribution in [2.24, 2.45) is 0 Å². The lowest BCUT2D eigenvalue weighted by Crippen LogP contribution is -2.54. The quantitative estimate of drug-likeness (QED) is 0.792. The Hall–Kier alpha value is -0.610. The maximum atomic E-state index is 12.3. The summed E-state index contributed by atoms with van der Waals surface area (Å²) in [6.07, 6.45) is 4.62. The number of piperidine rings is 1. The third kappa shape index (κ3) is 7.28. The molecule has 1 atom stereocenters. The first-order chi connectivity index (χ1) is 9.63. The van der Waals surface area contributed by atoms with Crippen molar-refractivity contribution in [1.29, 1.82) is 0 Å². The molecule has 0 bridgehead atoms. The maximum absolute atomic E-state index is 12.3.